The molecule has 0 aliphatic carbocycles. The fraction of sp³-hybridized carbons (Fsp3) is 0.154. The monoisotopic (exact) mass is 403 g/mol. The van der Waals surface area contributed by atoms with Crippen LogP contribution in [-0.2, 0) is 14.3 Å². The number of esters is 1. The summed E-state index contributed by atoms with van der Waals surface area (Å²) in [5.41, 5.74) is 0.828. The molecule has 1 aromatic carbocycles. The Balaban J connectivity index is 2.19. The predicted molar refractivity (Wildman–Crippen MR) is 83.9 cm³/mol. The first-order valence-corrected chi connectivity index (χ1v) is 7.48. The second-order valence-electron chi connectivity index (χ2n) is 3.90. The van der Waals surface area contributed by atoms with Crippen molar-refractivity contribution in [1.29, 1.82) is 0 Å². The van der Waals surface area contributed by atoms with Crippen molar-refractivity contribution in [3.63, 3.8) is 0 Å². The Morgan fingerprint density at radius 2 is 2.00 bits per heavy atom. The van der Waals surface area contributed by atoms with E-state index in [0.29, 0.717) is 4.91 Å². The van der Waals surface area contributed by atoms with Gasteiger partial charge in [0.2, 0.25) is 0 Å². The molecule has 1 aliphatic heterocycles. The summed E-state index contributed by atoms with van der Waals surface area (Å²) in [6.07, 6.45) is 1.64. The summed E-state index contributed by atoms with van der Waals surface area (Å²) >= 11 is 3.00. The third-order valence-corrected chi connectivity index (χ3v) is 4.18. The normalized spacial score (nSPS) is 16.9. The van der Waals surface area contributed by atoms with Gasteiger partial charge in [-0.2, -0.15) is 0 Å². The van der Waals surface area contributed by atoms with Gasteiger partial charge in [-0.15, -0.1) is 0 Å². The number of hydrogen-bond donors (Lipinski definition) is 0. The number of amides is 2. The molecule has 0 N–H and O–H groups in total. The lowest BCUT2D eigenvalue weighted by Gasteiger charge is -2.09. The topological polar surface area (TPSA) is 63.7 Å². The number of hydrogen-bond acceptors (Lipinski definition) is 5. The van der Waals surface area contributed by atoms with Crippen LogP contribution in [0.1, 0.15) is 5.56 Å². The Bertz CT molecular complexity index is 597. The zero-order chi connectivity index (χ0) is 14.7. The van der Waals surface area contributed by atoms with Gasteiger partial charge in [-0.1, -0.05) is 12.1 Å². The molecule has 1 aliphatic rings. The third kappa shape index (κ3) is 3.40. The quantitative estimate of drug-likeness (QED) is 0.441. The third-order valence-electron chi connectivity index (χ3n) is 2.56. The summed E-state index contributed by atoms with van der Waals surface area (Å²) in [7, 11) is 1.21. The molecule has 1 fully saturated rings. The molecule has 0 aromatic heterocycles. The number of ether oxygens (including phenoxy) is 1. The first-order valence-electron chi connectivity index (χ1n) is 5.59. The highest BCUT2D eigenvalue weighted by atomic mass is 127. The Morgan fingerprint density at radius 3 is 2.60 bits per heavy atom. The van der Waals surface area contributed by atoms with Gasteiger partial charge < -0.3 is 4.74 Å². The molecular weight excluding hydrogens is 393 g/mol. The molecule has 104 valence electrons. The van der Waals surface area contributed by atoms with E-state index in [9.17, 15) is 14.4 Å². The molecule has 1 saturated heterocycles. The Kier molecular flexibility index (Phi) is 4.81. The van der Waals surface area contributed by atoms with E-state index in [1.165, 1.54) is 7.11 Å². The number of rotatable bonds is 3. The second-order valence-corrected chi connectivity index (χ2v) is 6.13. The van der Waals surface area contributed by atoms with Crippen molar-refractivity contribution >= 4 is 57.5 Å². The Hall–Kier alpha value is -1.35. The molecule has 2 rings (SSSR count). The van der Waals surface area contributed by atoms with Crippen molar-refractivity contribution in [2.75, 3.05) is 13.7 Å². The van der Waals surface area contributed by atoms with Gasteiger partial charge in [0.1, 0.15) is 6.54 Å². The highest BCUT2D eigenvalue weighted by molar-refractivity contribution is 14.1. The molecule has 0 bridgehead atoms. The first kappa shape index (κ1) is 15.0. The minimum absolute atomic E-state index is 0.306. The van der Waals surface area contributed by atoms with Crippen LogP contribution in [0.3, 0.4) is 0 Å². The number of carbonyl (C=O) groups excluding carboxylic acids is 3. The van der Waals surface area contributed by atoms with Crippen LogP contribution in [0.25, 0.3) is 6.08 Å². The summed E-state index contributed by atoms with van der Waals surface area (Å²) in [5.74, 6) is -1.09. The van der Waals surface area contributed by atoms with E-state index >= 15 is 0 Å². The lowest BCUT2D eigenvalue weighted by Crippen LogP contribution is -2.34. The highest BCUT2D eigenvalue weighted by Gasteiger charge is 2.36. The van der Waals surface area contributed by atoms with E-state index in [2.05, 4.69) is 27.3 Å². The van der Waals surface area contributed by atoms with Crippen LogP contribution in [0.5, 0.6) is 0 Å². The molecule has 0 radical (unpaired) electrons. The van der Waals surface area contributed by atoms with Crippen LogP contribution in [-0.4, -0.2) is 35.7 Å². The van der Waals surface area contributed by atoms with Gasteiger partial charge in [-0.3, -0.25) is 19.3 Å². The zero-order valence-corrected chi connectivity index (χ0v) is 13.4. The average Bonchev–Trinajstić information content (AvgIpc) is 2.69. The van der Waals surface area contributed by atoms with E-state index in [0.717, 1.165) is 25.8 Å². The maximum atomic E-state index is 12.0. The van der Waals surface area contributed by atoms with Crippen molar-refractivity contribution in [2.45, 2.75) is 0 Å². The number of thioether (sulfide) groups is 1. The van der Waals surface area contributed by atoms with Gasteiger partial charge in [0.25, 0.3) is 11.1 Å². The molecule has 0 unspecified atom stereocenters. The Labute approximate surface area is 133 Å². The molecule has 0 atom stereocenters. The van der Waals surface area contributed by atoms with E-state index in [1.54, 1.807) is 6.08 Å². The molecule has 0 spiro atoms. The van der Waals surface area contributed by atoms with E-state index in [4.69, 9.17) is 0 Å². The zero-order valence-electron chi connectivity index (χ0n) is 10.5. The van der Waals surface area contributed by atoms with Crippen LogP contribution < -0.4 is 0 Å². The van der Waals surface area contributed by atoms with Crippen molar-refractivity contribution < 1.29 is 19.1 Å². The maximum absolute atomic E-state index is 12.0. The van der Waals surface area contributed by atoms with Crippen molar-refractivity contribution in [2.24, 2.45) is 0 Å². The number of methoxy groups -OCH3 is 1. The summed E-state index contributed by atoms with van der Waals surface area (Å²) in [6.45, 7) is -0.356. The standard InChI is InChI=1S/C13H10INO4S/c1-19-11(16)7-15-12(17)10(20-13(15)18)6-8-2-4-9(14)5-3-8/h2-6H,7H2,1H3/b10-6-. The number of benzene rings is 1. The summed E-state index contributed by atoms with van der Waals surface area (Å²) < 4.78 is 5.54. The average molecular weight is 403 g/mol. The molecule has 1 heterocycles. The minimum Gasteiger partial charge on any atom is -0.468 e. The SMILES string of the molecule is COC(=O)CN1C(=O)S/C(=C\c2ccc(I)cc2)C1=O. The maximum Gasteiger partial charge on any atom is 0.325 e. The molecule has 1 aromatic rings. The number of halogens is 1. The fourth-order valence-corrected chi connectivity index (χ4v) is 2.74. The lowest BCUT2D eigenvalue weighted by molar-refractivity contribution is -0.143. The molecule has 20 heavy (non-hydrogen) atoms. The van der Waals surface area contributed by atoms with Crippen LogP contribution in [0.15, 0.2) is 29.2 Å². The summed E-state index contributed by atoms with van der Waals surface area (Å²) in [4.78, 5) is 36.1. The largest absolute Gasteiger partial charge is 0.468 e. The smallest absolute Gasteiger partial charge is 0.325 e. The van der Waals surface area contributed by atoms with Crippen molar-refractivity contribution in [1.82, 2.24) is 4.90 Å². The summed E-state index contributed by atoms with van der Waals surface area (Å²) in [6, 6.07) is 7.53. The van der Waals surface area contributed by atoms with E-state index in [1.807, 2.05) is 24.3 Å². The van der Waals surface area contributed by atoms with Crippen LogP contribution in [0, 0.1) is 3.57 Å². The molecule has 5 nitrogen and oxygen atoms in total. The van der Waals surface area contributed by atoms with Crippen LogP contribution >= 0.6 is 34.4 Å². The van der Waals surface area contributed by atoms with Gasteiger partial charge in [-0.05, 0) is 58.1 Å². The molecule has 2 amide bonds. The lowest BCUT2D eigenvalue weighted by atomic mass is 10.2. The minimum atomic E-state index is -0.622. The first-order chi connectivity index (χ1) is 9.51. The Morgan fingerprint density at radius 1 is 1.35 bits per heavy atom. The molecule has 7 heteroatoms. The van der Waals surface area contributed by atoms with E-state index < -0.39 is 17.1 Å². The summed E-state index contributed by atoms with van der Waals surface area (Å²) in [5, 5.41) is -0.461. The van der Waals surface area contributed by atoms with E-state index in [-0.39, 0.29) is 6.54 Å². The second kappa shape index (κ2) is 6.40. The number of carbonyl (C=O) groups is 3. The fourth-order valence-electron chi connectivity index (χ4n) is 1.54. The molecular formula is C13H10INO4S. The predicted octanol–water partition coefficient (Wildman–Crippen LogP) is 2.50. The van der Waals surface area contributed by atoms with Gasteiger partial charge in [0.15, 0.2) is 0 Å². The van der Waals surface area contributed by atoms with Gasteiger partial charge in [0, 0.05) is 3.57 Å². The van der Waals surface area contributed by atoms with Gasteiger partial charge in [-0.25, -0.2) is 0 Å². The number of nitrogens with zero attached hydrogens (tertiary/aromatic N) is 1. The number of imide groups is 1. The van der Waals surface area contributed by atoms with Crippen LogP contribution in [0.4, 0.5) is 4.79 Å². The van der Waals surface area contributed by atoms with Gasteiger partial charge >= 0.3 is 5.97 Å². The highest BCUT2D eigenvalue weighted by Crippen LogP contribution is 2.32. The van der Waals surface area contributed by atoms with Crippen molar-refractivity contribution in [3.8, 4) is 0 Å². The van der Waals surface area contributed by atoms with Crippen molar-refractivity contribution in [3.05, 3.63) is 38.3 Å². The van der Waals surface area contributed by atoms with Crippen LogP contribution in [0.2, 0.25) is 0 Å². The van der Waals surface area contributed by atoms with Gasteiger partial charge in [0.05, 0.1) is 12.0 Å². The molecule has 0 saturated carbocycles.